The summed E-state index contributed by atoms with van der Waals surface area (Å²) < 4.78 is 5.89. The molecule has 3 nitrogen and oxygen atoms in total. The van der Waals surface area contributed by atoms with Crippen LogP contribution in [0.2, 0.25) is 0 Å². The summed E-state index contributed by atoms with van der Waals surface area (Å²) in [5, 5.41) is 10.1. The minimum atomic E-state index is -0.119. The van der Waals surface area contributed by atoms with E-state index in [1.54, 1.807) is 6.07 Å². The molecule has 3 heteroatoms. The van der Waals surface area contributed by atoms with E-state index in [2.05, 4.69) is 11.1 Å². The summed E-state index contributed by atoms with van der Waals surface area (Å²) in [6.45, 7) is 1.97. The van der Waals surface area contributed by atoms with Crippen molar-refractivity contribution in [2.45, 2.75) is 13.0 Å². The van der Waals surface area contributed by atoms with Gasteiger partial charge in [-0.05, 0) is 18.6 Å². The summed E-state index contributed by atoms with van der Waals surface area (Å²) in [6.07, 6.45) is -0.119. The van der Waals surface area contributed by atoms with Crippen LogP contribution in [0.3, 0.4) is 0 Å². The summed E-state index contributed by atoms with van der Waals surface area (Å²) in [4.78, 5) is 4.48. The average molecular weight is 274 g/mol. The molecule has 1 aromatic heterocycles. The Hall–Kier alpha value is -2.86. The summed E-state index contributed by atoms with van der Waals surface area (Å²) in [7, 11) is 0. The Morgan fingerprint density at radius 1 is 1.05 bits per heavy atom. The zero-order chi connectivity index (χ0) is 14.7. The van der Waals surface area contributed by atoms with Gasteiger partial charge in [0.2, 0.25) is 5.88 Å². The van der Waals surface area contributed by atoms with Crippen molar-refractivity contribution in [3.8, 4) is 11.9 Å². The summed E-state index contributed by atoms with van der Waals surface area (Å²) in [5.41, 5.74) is 2.42. The highest BCUT2D eigenvalue weighted by Gasteiger charge is 2.10. The molecule has 0 radical (unpaired) electrons. The number of benzene rings is 2. The van der Waals surface area contributed by atoms with Gasteiger partial charge in [-0.25, -0.2) is 4.98 Å². The maximum absolute atomic E-state index is 9.28. The van der Waals surface area contributed by atoms with Gasteiger partial charge in [-0.2, -0.15) is 5.26 Å². The minimum Gasteiger partial charge on any atom is -0.470 e. The van der Waals surface area contributed by atoms with Crippen LogP contribution in [0.4, 0.5) is 0 Å². The van der Waals surface area contributed by atoms with Crippen LogP contribution in [0.15, 0.2) is 60.7 Å². The van der Waals surface area contributed by atoms with Crippen LogP contribution in [0.5, 0.6) is 5.88 Å². The summed E-state index contributed by atoms with van der Waals surface area (Å²) >= 11 is 0. The van der Waals surface area contributed by atoms with E-state index < -0.39 is 0 Å². The van der Waals surface area contributed by atoms with Crippen LogP contribution >= 0.6 is 0 Å². The standard InChI is InChI=1S/C18H14N2O/c1-13(14-7-3-2-4-8-14)21-18-11-15(12-19)16-9-5-6-10-17(16)20-18/h2-11,13H,1H3. The van der Waals surface area contributed by atoms with Gasteiger partial charge in [-0.3, -0.25) is 0 Å². The monoisotopic (exact) mass is 274 g/mol. The SMILES string of the molecule is CC(Oc1cc(C#N)c2ccccc2n1)c1ccccc1. The highest BCUT2D eigenvalue weighted by Crippen LogP contribution is 2.25. The maximum Gasteiger partial charge on any atom is 0.215 e. The van der Waals surface area contributed by atoms with Gasteiger partial charge in [0.25, 0.3) is 0 Å². The third-order valence-corrected chi connectivity index (χ3v) is 3.38. The second-order valence-electron chi connectivity index (χ2n) is 4.81. The number of rotatable bonds is 3. The van der Waals surface area contributed by atoms with E-state index in [4.69, 9.17) is 4.74 Å². The quantitative estimate of drug-likeness (QED) is 0.717. The molecule has 102 valence electrons. The van der Waals surface area contributed by atoms with Gasteiger partial charge < -0.3 is 4.74 Å². The molecule has 0 saturated carbocycles. The molecule has 0 aliphatic carbocycles. The number of hydrogen-bond donors (Lipinski definition) is 0. The molecule has 3 rings (SSSR count). The van der Waals surface area contributed by atoms with E-state index >= 15 is 0 Å². The molecule has 1 unspecified atom stereocenters. The lowest BCUT2D eigenvalue weighted by molar-refractivity contribution is 0.218. The van der Waals surface area contributed by atoms with Crippen molar-refractivity contribution in [3.63, 3.8) is 0 Å². The number of fused-ring (bicyclic) bond motifs is 1. The fraction of sp³-hybridized carbons (Fsp3) is 0.111. The van der Waals surface area contributed by atoms with Gasteiger partial charge in [0.15, 0.2) is 0 Å². The molecule has 1 atom stereocenters. The van der Waals surface area contributed by atoms with E-state index in [0.717, 1.165) is 16.5 Å². The number of para-hydroxylation sites is 1. The molecule has 0 aliphatic rings. The topological polar surface area (TPSA) is 45.9 Å². The first kappa shape index (κ1) is 13.1. The number of aromatic nitrogens is 1. The van der Waals surface area contributed by atoms with Gasteiger partial charge in [0.05, 0.1) is 11.1 Å². The van der Waals surface area contributed by atoms with Crippen molar-refractivity contribution in [1.82, 2.24) is 4.98 Å². The van der Waals surface area contributed by atoms with Crippen molar-refractivity contribution in [2.24, 2.45) is 0 Å². The summed E-state index contributed by atoms with van der Waals surface area (Å²) in [5.74, 6) is 0.474. The molecule has 0 amide bonds. The normalized spacial score (nSPS) is 11.8. The van der Waals surface area contributed by atoms with Crippen molar-refractivity contribution >= 4 is 10.9 Å². The maximum atomic E-state index is 9.28. The van der Waals surface area contributed by atoms with E-state index in [1.807, 2.05) is 61.5 Å². The van der Waals surface area contributed by atoms with Crippen LogP contribution in [0, 0.1) is 11.3 Å². The molecule has 0 N–H and O–H groups in total. The molecule has 0 saturated heterocycles. The number of hydrogen-bond acceptors (Lipinski definition) is 3. The first-order chi connectivity index (χ1) is 10.3. The number of nitrogens with zero attached hydrogens (tertiary/aromatic N) is 2. The van der Waals surface area contributed by atoms with Gasteiger partial charge in [0, 0.05) is 11.5 Å². The lowest BCUT2D eigenvalue weighted by Crippen LogP contribution is -2.04. The van der Waals surface area contributed by atoms with Crippen LogP contribution in [0.1, 0.15) is 24.2 Å². The molecular weight excluding hydrogens is 260 g/mol. The Morgan fingerprint density at radius 2 is 1.76 bits per heavy atom. The summed E-state index contributed by atoms with van der Waals surface area (Å²) in [6, 6.07) is 21.4. The zero-order valence-corrected chi connectivity index (χ0v) is 11.7. The Balaban J connectivity index is 1.96. The Bertz CT molecular complexity index is 806. The van der Waals surface area contributed by atoms with Crippen molar-refractivity contribution in [3.05, 3.63) is 71.8 Å². The lowest BCUT2D eigenvalue weighted by atomic mass is 10.1. The Kier molecular flexibility index (Phi) is 3.53. The molecule has 21 heavy (non-hydrogen) atoms. The minimum absolute atomic E-state index is 0.119. The van der Waals surface area contributed by atoms with Gasteiger partial charge in [0.1, 0.15) is 12.2 Å². The Labute approximate surface area is 123 Å². The molecule has 2 aromatic carbocycles. The zero-order valence-electron chi connectivity index (χ0n) is 11.7. The third-order valence-electron chi connectivity index (χ3n) is 3.38. The smallest absolute Gasteiger partial charge is 0.215 e. The van der Waals surface area contributed by atoms with E-state index in [0.29, 0.717) is 11.4 Å². The van der Waals surface area contributed by atoms with Crippen LogP contribution in [-0.2, 0) is 0 Å². The second kappa shape index (κ2) is 5.64. The predicted octanol–water partition coefficient (Wildman–Crippen LogP) is 4.25. The van der Waals surface area contributed by atoms with Crippen LogP contribution in [0.25, 0.3) is 10.9 Å². The number of pyridine rings is 1. The molecule has 0 fully saturated rings. The molecule has 0 aliphatic heterocycles. The second-order valence-corrected chi connectivity index (χ2v) is 4.81. The van der Waals surface area contributed by atoms with E-state index in [-0.39, 0.29) is 6.10 Å². The van der Waals surface area contributed by atoms with E-state index in [9.17, 15) is 5.26 Å². The molecular formula is C18H14N2O. The predicted molar refractivity (Wildman–Crippen MR) is 81.9 cm³/mol. The molecule has 3 aromatic rings. The van der Waals surface area contributed by atoms with Crippen LogP contribution < -0.4 is 4.74 Å². The molecule has 0 bridgehead atoms. The van der Waals surface area contributed by atoms with Crippen molar-refractivity contribution in [2.75, 3.05) is 0 Å². The first-order valence-corrected chi connectivity index (χ1v) is 6.79. The van der Waals surface area contributed by atoms with Gasteiger partial charge in [-0.1, -0.05) is 48.5 Å². The molecule has 1 heterocycles. The molecule has 0 spiro atoms. The Morgan fingerprint density at radius 3 is 2.52 bits per heavy atom. The van der Waals surface area contributed by atoms with Crippen molar-refractivity contribution in [1.29, 1.82) is 5.26 Å². The highest BCUT2D eigenvalue weighted by atomic mass is 16.5. The average Bonchev–Trinajstić information content (AvgIpc) is 2.55. The van der Waals surface area contributed by atoms with E-state index in [1.165, 1.54) is 0 Å². The van der Waals surface area contributed by atoms with Gasteiger partial charge in [-0.15, -0.1) is 0 Å². The largest absolute Gasteiger partial charge is 0.470 e. The van der Waals surface area contributed by atoms with Crippen LogP contribution in [-0.4, -0.2) is 4.98 Å². The number of ether oxygens (including phenoxy) is 1. The highest BCUT2D eigenvalue weighted by molar-refractivity contribution is 5.85. The third kappa shape index (κ3) is 2.70. The number of nitriles is 1. The lowest BCUT2D eigenvalue weighted by Gasteiger charge is -2.15. The van der Waals surface area contributed by atoms with Gasteiger partial charge >= 0.3 is 0 Å². The fourth-order valence-corrected chi connectivity index (χ4v) is 2.28. The van der Waals surface area contributed by atoms with Crippen molar-refractivity contribution < 1.29 is 4.74 Å². The fourth-order valence-electron chi connectivity index (χ4n) is 2.28. The first-order valence-electron chi connectivity index (χ1n) is 6.79.